The van der Waals surface area contributed by atoms with Gasteiger partial charge in [-0.1, -0.05) is 39.0 Å². The summed E-state index contributed by atoms with van der Waals surface area (Å²) in [6.45, 7) is 6.40. The third-order valence-corrected chi connectivity index (χ3v) is 4.01. The number of hydrogen-bond acceptors (Lipinski definition) is 4. The fourth-order valence-electron chi connectivity index (χ4n) is 1.90. The Bertz CT molecular complexity index is 614. The Hall–Kier alpha value is -1.88. The maximum atomic E-state index is 11.3. The molecule has 0 amide bonds. The van der Waals surface area contributed by atoms with E-state index >= 15 is 0 Å². The normalized spacial score (nSPS) is 11.4. The molecule has 1 aromatic carbocycles. The Balaban J connectivity index is 2.06. The number of para-hydroxylation sites is 1. The predicted molar refractivity (Wildman–Crippen MR) is 83.4 cm³/mol. The Morgan fingerprint density at radius 1 is 1.29 bits per heavy atom. The molecule has 2 aromatic rings. The quantitative estimate of drug-likeness (QED) is 0.913. The number of rotatable bonds is 5. The molecule has 0 bridgehead atoms. The third-order valence-electron chi connectivity index (χ3n) is 2.90. The van der Waals surface area contributed by atoms with Crippen LogP contribution in [-0.2, 0) is 11.8 Å². The highest BCUT2D eigenvalue weighted by Gasteiger charge is 2.26. The summed E-state index contributed by atoms with van der Waals surface area (Å²) in [7, 11) is 0. The minimum atomic E-state index is -0.910. The van der Waals surface area contributed by atoms with E-state index in [0.29, 0.717) is 23.6 Å². The highest BCUT2D eigenvalue weighted by Crippen LogP contribution is 2.29. The zero-order valence-electron chi connectivity index (χ0n) is 12.4. The third kappa shape index (κ3) is 4.04. The van der Waals surface area contributed by atoms with E-state index in [0.717, 1.165) is 10.8 Å². The van der Waals surface area contributed by atoms with Crippen LogP contribution in [0.25, 0.3) is 0 Å². The van der Waals surface area contributed by atoms with Crippen molar-refractivity contribution in [1.82, 2.24) is 4.98 Å². The summed E-state index contributed by atoms with van der Waals surface area (Å²) in [5.41, 5.74) is 0.373. The highest BCUT2D eigenvalue weighted by molar-refractivity contribution is 7.13. The van der Waals surface area contributed by atoms with Crippen LogP contribution in [0.2, 0.25) is 0 Å². The lowest BCUT2D eigenvalue weighted by atomic mass is 9.91. The SMILES string of the molecule is CC(C)(C)c1nc(CCOc2ccccc2)sc1C(=O)O. The smallest absolute Gasteiger partial charge is 0.347 e. The summed E-state index contributed by atoms with van der Waals surface area (Å²) >= 11 is 1.24. The molecule has 1 N–H and O–H groups in total. The van der Waals surface area contributed by atoms with E-state index in [1.54, 1.807) is 0 Å². The summed E-state index contributed by atoms with van der Waals surface area (Å²) in [6, 6.07) is 9.55. The van der Waals surface area contributed by atoms with E-state index in [4.69, 9.17) is 4.74 Å². The summed E-state index contributed by atoms with van der Waals surface area (Å²) in [5.74, 6) is -0.101. The van der Waals surface area contributed by atoms with Gasteiger partial charge >= 0.3 is 5.97 Å². The number of nitrogens with zero attached hydrogens (tertiary/aromatic N) is 1. The zero-order valence-corrected chi connectivity index (χ0v) is 13.2. The molecule has 0 radical (unpaired) electrons. The first-order valence-electron chi connectivity index (χ1n) is 6.79. The summed E-state index contributed by atoms with van der Waals surface area (Å²) in [5, 5.41) is 10.1. The van der Waals surface area contributed by atoms with Gasteiger partial charge in [-0.05, 0) is 12.1 Å². The number of carboxylic acids is 1. The second-order valence-corrected chi connectivity index (χ2v) is 6.84. The highest BCUT2D eigenvalue weighted by atomic mass is 32.1. The van der Waals surface area contributed by atoms with Crippen molar-refractivity contribution < 1.29 is 14.6 Å². The van der Waals surface area contributed by atoms with E-state index in [1.807, 2.05) is 51.1 Å². The van der Waals surface area contributed by atoms with E-state index in [1.165, 1.54) is 11.3 Å². The second kappa shape index (κ2) is 6.26. The number of benzene rings is 1. The number of carbonyl (C=O) groups is 1. The molecule has 0 fully saturated rings. The minimum Gasteiger partial charge on any atom is -0.493 e. The average molecular weight is 305 g/mol. The van der Waals surface area contributed by atoms with Crippen LogP contribution >= 0.6 is 11.3 Å². The van der Waals surface area contributed by atoms with Crippen molar-refractivity contribution in [3.05, 3.63) is 45.9 Å². The zero-order chi connectivity index (χ0) is 15.5. The fraction of sp³-hybridized carbons (Fsp3) is 0.375. The van der Waals surface area contributed by atoms with E-state index in [2.05, 4.69) is 4.98 Å². The summed E-state index contributed by atoms with van der Waals surface area (Å²) in [4.78, 5) is 16.1. The van der Waals surface area contributed by atoms with Crippen molar-refractivity contribution in [1.29, 1.82) is 0 Å². The molecular weight excluding hydrogens is 286 g/mol. The van der Waals surface area contributed by atoms with Crippen LogP contribution in [0.15, 0.2) is 30.3 Å². The number of aromatic nitrogens is 1. The average Bonchev–Trinajstić information content (AvgIpc) is 2.84. The first kappa shape index (κ1) is 15.5. The van der Waals surface area contributed by atoms with Gasteiger partial charge in [-0.15, -0.1) is 11.3 Å². The molecule has 2 rings (SSSR count). The Morgan fingerprint density at radius 3 is 2.48 bits per heavy atom. The first-order chi connectivity index (χ1) is 9.88. The standard InChI is InChI=1S/C16H19NO3S/c1-16(2,3)14-13(15(18)19)21-12(17-14)9-10-20-11-7-5-4-6-8-11/h4-8H,9-10H2,1-3H3,(H,18,19). The van der Waals surface area contributed by atoms with Crippen LogP contribution in [0.4, 0.5) is 0 Å². The molecule has 1 heterocycles. The maximum Gasteiger partial charge on any atom is 0.347 e. The van der Waals surface area contributed by atoms with Crippen LogP contribution in [-0.4, -0.2) is 22.7 Å². The molecule has 0 unspecified atom stereocenters. The lowest BCUT2D eigenvalue weighted by molar-refractivity contribution is 0.0699. The molecule has 0 aliphatic carbocycles. The van der Waals surface area contributed by atoms with Crippen LogP contribution in [0, 0.1) is 0 Å². The second-order valence-electron chi connectivity index (χ2n) is 5.75. The molecule has 1 aromatic heterocycles. The van der Waals surface area contributed by atoms with Crippen molar-refractivity contribution in [2.45, 2.75) is 32.6 Å². The van der Waals surface area contributed by atoms with Crippen molar-refractivity contribution in [2.24, 2.45) is 0 Å². The lowest BCUT2D eigenvalue weighted by Crippen LogP contribution is -2.16. The number of carboxylic acid groups (broad SMARTS) is 1. The van der Waals surface area contributed by atoms with Gasteiger partial charge in [-0.3, -0.25) is 0 Å². The van der Waals surface area contributed by atoms with Gasteiger partial charge in [0.25, 0.3) is 0 Å². The van der Waals surface area contributed by atoms with E-state index < -0.39 is 5.97 Å². The van der Waals surface area contributed by atoms with Gasteiger partial charge in [-0.2, -0.15) is 0 Å². The molecule has 21 heavy (non-hydrogen) atoms. The molecule has 4 nitrogen and oxygen atoms in total. The number of hydrogen-bond donors (Lipinski definition) is 1. The lowest BCUT2D eigenvalue weighted by Gasteiger charge is -2.16. The van der Waals surface area contributed by atoms with Crippen LogP contribution in [0.1, 0.15) is 41.1 Å². The van der Waals surface area contributed by atoms with Gasteiger partial charge in [0.15, 0.2) is 0 Å². The molecule has 0 spiro atoms. The molecule has 0 aliphatic rings. The van der Waals surface area contributed by atoms with Crippen LogP contribution in [0.3, 0.4) is 0 Å². The molecule has 5 heteroatoms. The van der Waals surface area contributed by atoms with Gasteiger partial charge in [0.05, 0.1) is 17.3 Å². The molecule has 0 saturated heterocycles. The van der Waals surface area contributed by atoms with Gasteiger partial charge in [0.2, 0.25) is 0 Å². The van der Waals surface area contributed by atoms with Gasteiger partial charge < -0.3 is 9.84 Å². The first-order valence-corrected chi connectivity index (χ1v) is 7.61. The van der Waals surface area contributed by atoms with Crippen molar-refractivity contribution in [3.8, 4) is 5.75 Å². The van der Waals surface area contributed by atoms with Crippen molar-refractivity contribution in [2.75, 3.05) is 6.61 Å². The number of thiazole rings is 1. The molecule has 0 atom stereocenters. The fourth-order valence-corrected chi connectivity index (χ4v) is 2.99. The van der Waals surface area contributed by atoms with E-state index in [-0.39, 0.29) is 5.41 Å². The largest absolute Gasteiger partial charge is 0.493 e. The topological polar surface area (TPSA) is 59.4 Å². The van der Waals surface area contributed by atoms with Gasteiger partial charge in [-0.25, -0.2) is 9.78 Å². The molecule has 0 saturated carbocycles. The van der Waals surface area contributed by atoms with Crippen LogP contribution in [0.5, 0.6) is 5.75 Å². The molecule has 112 valence electrons. The van der Waals surface area contributed by atoms with Gasteiger partial charge in [0.1, 0.15) is 10.6 Å². The Labute approximate surface area is 128 Å². The summed E-state index contributed by atoms with van der Waals surface area (Å²) in [6.07, 6.45) is 0.607. The molecule has 0 aliphatic heterocycles. The maximum absolute atomic E-state index is 11.3. The Morgan fingerprint density at radius 2 is 1.95 bits per heavy atom. The van der Waals surface area contributed by atoms with Crippen molar-refractivity contribution in [3.63, 3.8) is 0 Å². The predicted octanol–water partition coefficient (Wildman–Crippen LogP) is 3.76. The number of ether oxygens (including phenoxy) is 1. The van der Waals surface area contributed by atoms with Crippen molar-refractivity contribution >= 4 is 17.3 Å². The van der Waals surface area contributed by atoms with Gasteiger partial charge in [0, 0.05) is 11.8 Å². The number of aromatic carboxylic acids is 1. The monoisotopic (exact) mass is 305 g/mol. The Kier molecular flexibility index (Phi) is 4.63. The summed E-state index contributed by atoms with van der Waals surface area (Å²) < 4.78 is 5.62. The minimum absolute atomic E-state index is 0.275. The van der Waals surface area contributed by atoms with Crippen LogP contribution < -0.4 is 4.74 Å². The molecular formula is C16H19NO3S. The van der Waals surface area contributed by atoms with E-state index in [9.17, 15) is 9.90 Å².